The summed E-state index contributed by atoms with van der Waals surface area (Å²) < 4.78 is 0. The monoisotopic (exact) mass is 190 g/mol. The number of hydrogen-bond donors (Lipinski definition) is 1. The Labute approximate surface area is 85.9 Å². The SMILES string of the molecule is CN(Cc1ccccc1)[C@@H]1CCNC1. The number of nitrogens with one attached hydrogen (secondary N) is 1. The van der Waals surface area contributed by atoms with Crippen LogP contribution in [0, 0.1) is 0 Å². The van der Waals surface area contributed by atoms with Crippen molar-refractivity contribution in [1.29, 1.82) is 0 Å². The summed E-state index contributed by atoms with van der Waals surface area (Å²) in [7, 11) is 2.21. The van der Waals surface area contributed by atoms with Crippen LogP contribution < -0.4 is 5.32 Å². The fourth-order valence-electron chi connectivity index (χ4n) is 2.02. The normalized spacial score (nSPS) is 21.7. The van der Waals surface area contributed by atoms with Crippen LogP contribution in [0.2, 0.25) is 0 Å². The fraction of sp³-hybridized carbons (Fsp3) is 0.500. The van der Waals surface area contributed by atoms with Gasteiger partial charge in [-0.15, -0.1) is 0 Å². The first-order chi connectivity index (χ1) is 6.86. The minimum absolute atomic E-state index is 0.718. The third kappa shape index (κ3) is 2.34. The topological polar surface area (TPSA) is 15.3 Å². The van der Waals surface area contributed by atoms with Gasteiger partial charge in [0.25, 0.3) is 0 Å². The molecule has 0 bridgehead atoms. The molecule has 2 rings (SSSR count). The summed E-state index contributed by atoms with van der Waals surface area (Å²) in [5, 5.41) is 3.40. The Morgan fingerprint density at radius 3 is 2.79 bits per heavy atom. The molecule has 0 spiro atoms. The van der Waals surface area contributed by atoms with Gasteiger partial charge in [-0.25, -0.2) is 0 Å². The molecule has 1 N–H and O–H groups in total. The Kier molecular flexibility index (Phi) is 3.17. The van der Waals surface area contributed by atoms with E-state index in [0.717, 1.165) is 19.1 Å². The van der Waals surface area contributed by atoms with E-state index in [0.29, 0.717) is 0 Å². The molecule has 1 atom stereocenters. The van der Waals surface area contributed by atoms with Crippen LogP contribution in [0.15, 0.2) is 30.3 Å². The molecule has 0 unspecified atom stereocenters. The molecule has 0 aromatic heterocycles. The van der Waals surface area contributed by atoms with E-state index in [-0.39, 0.29) is 0 Å². The Morgan fingerprint density at radius 1 is 1.36 bits per heavy atom. The maximum absolute atomic E-state index is 3.40. The molecule has 76 valence electrons. The lowest BCUT2D eigenvalue weighted by molar-refractivity contribution is 0.249. The second-order valence-corrected chi connectivity index (χ2v) is 4.05. The second kappa shape index (κ2) is 4.58. The van der Waals surface area contributed by atoms with Crippen LogP contribution in [0.3, 0.4) is 0 Å². The molecule has 1 fully saturated rings. The molecule has 2 heteroatoms. The van der Waals surface area contributed by atoms with Crippen LogP contribution in [-0.2, 0) is 6.54 Å². The van der Waals surface area contributed by atoms with Crippen molar-refractivity contribution >= 4 is 0 Å². The van der Waals surface area contributed by atoms with Crippen LogP contribution in [-0.4, -0.2) is 31.1 Å². The maximum atomic E-state index is 3.40. The van der Waals surface area contributed by atoms with Gasteiger partial charge in [0.2, 0.25) is 0 Å². The van der Waals surface area contributed by atoms with Crippen LogP contribution in [0.1, 0.15) is 12.0 Å². The van der Waals surface area contributed by atoms with Crippen molar-refractivity contribution in [2.24, 2.45) is 0 Å². The predicted molar refractivity (Wildman–Crippen MR) is 59.2 cm³/mol. The molecule has 0 amide bonds. The highest BCUT2D eigenvalue weighted by atomic mass is 15.2. The smallest absolute Gasteiger partial charge is 0.0234 e. The first kappa shape index (κ1) is 9.69. The predicted octanol–water partition coefficient (Wildman–Crippen LogP) is 1.48. The molecular weight excluding hydrogens is 172 g/mol. The van der Waals surface area contributed by atoms with Gasteiger partial charge < -0.3 is 5.32 Å². The van der Waals surface area contributed by atoms with Crippen molar-refractivity contribution in [1.82, 2.24) is 10.2 Å². The molecule has 0 aliphatic carbocycles. The Hall–Kier alpha value is -0.860. The third-order valence-electron chi connectivity index (χ3n) is 2.93. The zero-order valence-corrected chi connectivity index (χ0v) is 8.74. The van der Waals surface area contributed by atoms with Gasteiger partial charge in [-0.1, -0.05) is 30.3 Å². The summed E-state index contributed by atoms with van der Waals surface area (Å²) in [5.41, 5.74) is 1.40. The van der Waals surface area contributed by atoms with Crippen LogP contribution in [0.5, 0.6) is 0 Å². The molecule has 1 aliphatic rings. The Morgan fingerprint density at radius 2 is 2.14 bits per heavy atom. The molecule has 1 aromatic carbocycles. The van der Waals surface area contributed by atoms with Gasteiger partial charge in [0, 0.05) is 19.1 Å². The molecule has 2 nitrogen and oxygen atoms in total. The molecule has 1 aromatic rings. The zero-order valence-electron chi connectivity index (χ0n) is 8.74. The molecule has 1 heterocycles. The van der Waals surface area contributed by atoms with Crippen molar-refractivity contribution in [2.75, 3.05) is 20.1 Å². The van der Waals surface area contributed by atoms with Gasteiger partial charge in [-0.3, -0.25) is 4.90 Å². The highest BCUT2D eigenvalue weighted by Crippen LogP contribution is 2.10. The zero-order chi connectivity index (χ0) is 9.80. The summed E-state index contributed by atoms with van der Waals surface area (Å²) in [6.45, 7) is 3.38. The first-order valence-corrected chi connectivity index (χ1v) is 5.31. The Balaban J connectivity index is 1.90. The largest absolute Gasteiger partial charge is 0.315 e. The van der Waals surface area contributed by atoms with E-state index in [1.54, 1.807) is 0 Å². The quantitative estimate of drug-likeness (QED) is 0.776. The highest BCUT2D eigenvalue weighted by molar-refractivity contribution is 5.14. The van der Waals surface area contributed by atoms with E-state index < -0.39 is 0 Å². The van der Waals surface area contributed by atoms with Gasteiger partial charge in [0.15, 0.2) is 0 Å². The third-order valence-corrected chi connectivity index (χ3v) is 2.93. The van der Waals surface area contributed by atoms with Crippen molar-refractivity contribution in [3.63, 3.8) is 0 Å². The molecule has 0 radical (unpaired) electrons. The maximum Gasteiger partial charge on any atom is 0.0234 e. The molecule has 1 aliphatic heterocycles. The summed E-state index contributed by atoms with van der Waals surface area (Å²) in [4.78, 5) is 2.44. The van der Waals surface area contributed by atoms with Gasteiger partial charge >= 0.3 is 0 Å². The number of hydrogen-bond acceptors (Lipinski definition) is 2. The second-order valence-electron chi connectivity index (χ2n) is 4.05. The van der Waals surface area contributed by atoms with Crippen molar-refractivity contribution in [3.8, 4) is 0 Å². The average Bonchev–Trinajstić information content (AvgIpc) is 2.72. The number of nitrogens with zero attached hydrogens (tertiary/aromatic N) is 1. The lowest BCUT2D eigenvalue weighted by Gasteiger charge is -2.23. The van der Waals surface area contributed by atoms with E-state index >= 15 is 0 Å². The van der Waals surface area contributed by atoms with Gasteiger partial charge in [0.1, 0.15) is 0 Å². The number of rotatable bonds is 3. The van der Waals surface area contributed by atoms with Crippen molar-refractivity contribution < 1.29 is 0 Å². The molecule has 0 saturated carbocycles. The molecule has 1 saturated heterocycles. The van der Waals surface area contributed by atoms with Gasteiger partial charge in [-0.05, 0) is 25.6 Å². The summed E-state index contributed by atoms with van der Waals surface area (Å²) in [6, 6.07) is 11.4. The Bertz CT molecular complexity index is 265. The molecule has 14 heavy (non-hydrogen) atoms. The fourth-order valence-corrected chi connectivity index (χ4v) is 2.02. The van der Waals surface area contributed by atoms with Crippen LogP contribution in [0.4, 0.5) is 0 Å². The van der Waals surface area contributed by atoms with Crippen LogP contribution in [0.25, 0.3) is 0 Å². The van der Waals surface area contributed by atoms with Gasteiger partial charge in [0.05, 0.1) is 0 Å². The minimum atomic E-state index is 0.718. The standard InChI is InChI=1S/C12H18N2/c1-14(12-7-8-13-9-12)10-11-5-3-2-4-6-11/h2-6,12-13H,7-10H2,1H3/t12-/m1/s1. The summed E-state index contributed by atoms with van der Waals surface area (Å²) in [5.74, 6) is 0. The van der Waals surface area contributed by atoms with Crippen molar-refractivity contribution in [3.05, 3.63) is 35.9 Å². The summed E-state index contributed by atoms with van der Waals surface area (Å²) in [6.07, 6.45) is 1.28. The van der Waals surface area contributed by atoms with Crippen molar-refractivity contribution in [2.45, 2.75) is 19.0 Å². The van der Waals surface area contributed by atoms with E-state index in [2.05, 4.69) is 47.6 Å². The van der Waals surface area contributed by atoms with Crippen LogP contribution >= 0.6 is 0 Å². The number of benzene rings is 1. The van der Waals surface area contributed by atoms with Gasteiger partial charge in [-0.2, -0.15) is 0 Å². The average molecular weight is 190 g/mol. The highest BCUT2D eigenvalue weighted by Gasteiger charge is 2.18. The van der Waals surface area contributed by atoms with E-state index in [1.807, 2.05) is 0 Å². The number of likely N-dealkylation sites (N-methyl/N-ethyl adjacent to an activating group) is 1. The van der Waals surface area contributed by atoms with E-state index in [9.17, 15) is 0 Å². The summed E-state index contributed by atoms with van der Waals surface area (Å²) >= 11 is 0. The lowest BCUT2D eigenvalue weighted by atomic mass is 10.1. The minimum Gasteiger partial charge on any atom is -0.315 e. The molecular formula is C12H18N2. The first-order valence-electron chi connectivity index (χ1n) is 5.31. The lowest BCUT2D eigenvalue weighted by Crippen LogP contribution is -2.32. The van der Waals surface area contributed by atoms with E-state index in [1.165, 1.54) is 18.5 Å². The van der Waals surface area contributed by atoms with E-state index in [4.69, 9.17) is 0 Å².